The van der Waals surface area contributed by atoms with Gasteiger partial charge in [0.15, 0.2) is 14.5 Å². The number of ether oxygens (including phenoxy) is 2. The van der Waals surface area contributed by atoms with Crippen molar-refractivity contribution in [2.24, 2.45) is 5.92 Å². The Morgan fingerprint density at radius 1 is 1.26 bits per heavy atom. The van der Waals surface area contributed by atoms with Crippen molar-refractivity contribution >= 4 is 40.3 Å². The van der Waals surface area contributed by atoms with Crippen molar-refractivity contribution in [2.45, 2.75) is 45.5 Å². The van der Waals surface area contributed by atoms with E-state index >= 15 is 0 Å². The second kappa shape index (κ2) is 8.17. The molecule has 150 valence electrons. The summed E-state index contributed by atoms with van der Waals surface area (Å²) in [7, 11) is -1.19. The third-order valence-electron chi connectivity index (χ3n) is 3.74. The Morgan fingerprint density at radius 2 is 1.85 bits per heavy atom. The number of carbonyl (C=O) groups excluding carboxylic acids is 2. The first-order valence-corrected chi connectivity index (χ1v) is 13.9. The van der Waals surface area contributed by atoms with Crippen LogP contribution >= 0.6 is 10.7 Å². The fourth-order valence-electron chi connectivity index (χ4n) is 2.58. The molecule has 1 aromatic rings. The molecule has 27 heavy (non-hydrogen) atoms. The number of hydrogen-bond acceptors (Lipinski definition) is 7. The molecule has 0 N–H and O–H groups in total. The van der Waals surface area contributed by atoms with Crippen LogP contribution < -0.4 is 0 Å². The fraction of sp³-hybridized carbons (Fsp3) is 0.500. The molecule has 1 aliphatic heterocycles. The average Bonchev–Trinajstić information content (AvgIpc) is 2.50. The maximum atomic E-state index is 12.3. The summed E-state index contributed by atoms with van der Waals surface area (Å²) in [6, 6.07) is 9.01. The topological polar surface area (TPSA) is 99.2 Å². The van der Waals surface area contributed by atoms with Gasteiger partial charge in [-0.3, -0.25) is 4.79 Å². The normalized spacial score (nSPS) is 21.4. The highest BCUT2D eigenvalue weighted by Gasteiger charge is 2.58. The van der Waals surface area contributed by atoms with Crippen molar-refractivity contribution in [3.8, 4) is 0 Å². The van der Waals surface area contributed by atoms with Crippen molar-refractivity contribution in [1.82, 2.24) is 4.31 Å². The maximum Gasteiger partial charge on any atom is 0.508 e. The molecule has 0 radical (unpaired) electrons. The summed E-state index contributed by atoms with van der Waals surface area (Å²) < 4.78 is 39.7. The average molecular weight is 436 g/mol. The van der Waals surface area contributed by atoms with Crippen LogP contribution in [0.5, 0.6) is 0 Å². The largest absolute Gasteiger partial charge is 0.508 e. The van der Waals surface area contributed by atoms with E-state index in [2.05, 4.69) is 0 Å². The van der Waals surface area contributed by atoms with Gasteiger partial charge in [0, 0.05) is 10.7 Å². The van der Waals surface area contributed by atoms with E-state index in [1.54, 1.807) is 24.3 Å². The minimum Gasteiger partial charge on any atom is -0.430 e. The predicted molar refractivity (Wildman–Crippen MR) is 101 cm³/mol. The van der Waals surface area contributed by atoms with E-state index in [0.717, 1.165) is 5.56 Å². The summed E-state index contributed by atoms with van der Waals surface area (Å²) in [5.41, 5.74) is 0.779. The summed E-state index contributed by atoms with van der Waals surface area (Å²) in [4.78, 5) is 24.2. The summed E-state index contributed by atoms with van der Waals surface area (Å²) in [6.45, 7) is 7.01. The zero-order chi connectivity index (χ0) is 20.4. The van der Waals surface area contributed by atoms with Crippen molar-refractivity contribution in [2.75, 3.05) is 0 Å². The molecule has 0 spiro atoms. The van der Waals surface area contributed by atoms with Gasteiger partial charge in [0.2, 0.25) is 0 Å². The molecule has 1 aromatic carbocycles. The molecule has 0 bridgehead atoms. The van der Waals surface area contributed by atoms with E-state index in [1.807, 2.05) is 25.7 Å². The number of nitrogens with zero attached hydrogens (tertiary/aromatic N) is 1. The van der Waals surface area contributed by atoms with Crippen LogP contribution in [-0.2, 0) is 34.5 Å². The highest BCUT2D eigenvalue weighted by molar-refractivity contribution is 8.12. The Kier molecular flexibility index (Phi) is 6.56. The highest BCUT2D eigenvalue weighted by atomic mass is 35.7. The van der Waals surface area contributed by atoms with Gasteiger partial charge in [-0.05, 0) is 32.1 Å². The first-order valence-electron chi connectivity index (χ1n) is 8.23. The summed E-state index contributed by atoms with van der Waals surface area (Å²) in [5, 5.41) is 0. The molecule has 8 nitrogen and oxygen atoms in total. The molecule has 0 aliphatic carbocycles. The van der Waals surface area contributed by atoms with E-state index in [0.29, 0.717) is 4.31 Å². The lowest BCUT2D eigenvalue weighted by atomic mass is 9.93. The quantitative estimate of drug-likeness (QED) is 0.281. The Bertz CT molecular complexity index is 797. The molecule has 3 unspecified atom stereocenters. The van der Waals surface area contributed by atoms with Crippen LogP contribution in [0, 0.1) is 5.92 Å². The van der Waals surface area contributed by atoms with Gasteiger partial charge < -0.3 is 13.9 Å². The lowest BCUT2D eigenvalue weighted by Gasteiger charge is -2.47. The molecule has 11 heteroatoms. The minimum absolute atomic E-state index is 0.0159. The van der Waals surface area contributed by atoms with Crippen molar-refractivity contribution in [3.63, 3.8) is 0 Å². The lowest BCUT2D eigenvalue weighted by molar-refractivity contribution is -0.173. The van der Waals surface area contributed by atoms with Crippen molar-refractivity contribution in [1.29, 1.82) is 0 Å². The van der Waals surface area contributed by atoms with Gasteiger partial charge in [0.1, 0.15) is 18.6 Å². The Labute approximate surface area is 164 Å². The molecule has 3 atom stereocenters. The second-order valence-electron chi connectivity index (χ2n) is 7.07. The number of halogens is 1. The molecule has 1 aliphatic rings. The van der Waals surface area contributed by atoms with Gasteiger partial charge >= 0.3 is 15.4 Å². The second-order valence-corrected chi connectivity index (χ2v) is 13.9. The summed E-state index contributed by atoms with van der Waals surface area (Å²) in [6.07, 6.45) is -3.02. The van der Waals surface area contributed by atoms with Gasteiger partial charge in [0.25, 0.3) is 5.91 Å². The lowest BCUT2D eigenvalue weighted by Crippen LogP contribution is -2.68. The number of β-lactam (4-membered cyclic amide) rings is 1. The molecule has 1 fully saturated rings. The fourth-order valence-corrected chi connectivity index (χ4v) is 4.83. The number of hydrogen-bond donors (Lipinski definition) is 0. The SMILES string of the molecule is CC(OC(=O)OCc1ccccc1)C1C(=O)N(S(=O)(=O)Cl)C1O[Si](C)(C)C. The van der Waals surface area contributed by atoms with Crippen molar-refractivity contribution in [3.05, 3.63) is 35.9 Å². The number of carbonyl (C=O) groups is 2. The Morgan fingerprint density at radius 3 is 2.37 bits per heavy atom. The van der Waals surface area contributed by atoms with E-state index in [9.17, 15) is 18.0 Å². The first-order chi connectivity index (χ1) is 12.4. The van der Waals surface area contributed by atoms with Gasteiger partial charge in [-0.25, -0.2) is 4.79 Å². The Balaban J connectivity index is 2.01. The molecular weight excluding hydrogens is 414 g/mol. The molecule has 0 saturated carbocycles. The first kappa shape index (κ1) is 21.7. The van der Waals surface area contributed by atoms with Crippen molar-refractivity contribution < 1.29 is 31.9 Å². The third-order valence-corrected chi connectivity index (χ3v) is 5.99. The molecule has 1 heterocycles. The summed E-state index contributed by atoms with van der Waals surface area (Å²) >= 11 is 0. The van der Waals surface area contributed by atoms with Gasteiger partial charge in [-0.1, -0.05) is 30.3 Å². The van der Waals surface area contributed by atoms with E-state index in [-0.39, 0.29) is 6.61 Å². The molecule has 2 rings (SSSR count). The van der Waals surface area contributed by atoms with E-state index in [1.165, 1.54) is 6.92 Å². The van der Waals surface area contributed by atoms with Gasteiger partial charge in [-0.15, -0.1) is 0 Å². The maximum absolute atomic E-state index is 12.3. The molecular formula is C16H22ClNO7SSi. The number of amides is 1. The Hall–Kier alpha value is -1.62. The van der Waals surface area contributed by atoms with Crippen LogP contribution in [0.25, 0.3) is 0 Å². The third kappa shape index (κ3) is 5.68. The van der Waals surface area contributed by atoms with Gasteiger partial charge in [0.05, 0.1) is 0 Å². The van der Waals surface area contributed by atoms with Crippen LogP contribution in [0.1, 0.15) is 12.5 Å². The van der Waals surface area contributed by atoms with E-state index in [4.69, 9.17) is 24.6 Å². The van der Waals surface area contributed by atoms with Crippen LogP contribution in [0.15, 0.2) is 30.3 Å². The minimum atomic E-state index is -4.30. The predicted octanol–water partition coefficient (Wildman–Crippen LogP) is 2.85. The number of benzene rings is 1. The zero-order valence-corrected chi connectivity index (χ0v) is 18.0. The highest BCUT2D eigenvalue weighted by Crippen LogP contribution is 2.37. The monoisotopic (exact) mass is 435 g/mol. The zero-order valence-electron chi connectivity index (χ0n) is 15.4. The van der Waals surface area contributed by atoms with Gasteiger partial charge in [-0.2, -0.15) is 12.7 Å². The van der Waals surface area contributed by atoms with Crippen LogP contribution in [0.3, 0.4) is 0 Å². The molecule has 1 saturated heterocycles. The summed E-state index contributed by atoms with van der Waals surface area (Å²) in [5.74, 6) is -1.76. The van der Waals surface area contributed by atoms with E-state index < -0.39 is 47.9 Å². The van der Waals surface area contributed by atoms with Crippen LogP contribution in [0.4, 0.5) is 4.79 Å². The molecule has 0 aromatic heterocycles. The standard InChI is InChI=1S/C16H22ClNO7SSi/c1-11(24-16(20)23-10-12-8-6-5-7-9-12)13-14(19)18(26(17,21)22)15(13)25-27(2,3)4/h5-9,11,13,15H,10H2,1-4H3. The van der Waals surface area contributed by atoms with Crippen LogP contribution in [-0.4, -0.2) is 45.4 Å². The number of rotatable bonds is 7. The molecule has 1 amide bonds. The van der Waals surface area contributed by atoms with Crippen LogP contribution in [0.2, 0.25) is 19.6 Å². The smallest absolute Gasteiger partial charge is 0.430 e.